The Morgan fingerprint density at radius 3 is 2.50 bits per heavy atom. The van der Waals surface area contributed by atoms with E-state index in [0.717, 1.165) is 17.7 Å². The zero-order valence-electron chi connectivity index (χ0n) is 16.6. The second-order valence-corrected chi connectivity index (χ2v) is 6.70. The SMILES string of the molecule is COCc1cccc(NC(=O)NCc2cccc(C(=O)NCCN(C)C)c2)c1. The Kier molecular flexibility index (Phi) is 8.45. The number of anilines is 1. The van der Waals surface area contributed by atoms with Crippen molar-refractivity contribution in [1.29, 1.82) is 0 Å². The average Bonchev–Trinajstić information content (AvgIpc) is 2.67. The minimum Gasteiger partial charge on any atom is -0.380 e. The number of urea groups is 1. The topological polar surface area (TPSA) is 82.7 Å². The van der Waals surface area contributed by atoms with Gasteiger partial charge in [-0.25, -0.2) is 4.79 Å². The maximum Gasteiger partial charge on any atom is 0.319 e. The lowest BCUT2D eigenvalue weighted by molar-refractivity contribution is 0.0951. The second-order valence-electron chi connectivity index (χ2n) is 6.70. The molecule has 0 unspecified atom stereocenters. The van der Waals surface area contributed by atoms with Gasteiger partial charge in [0.1, 0.15) is 0 Å². The molecule has 0 fully saturated rings. The van der Waals surface area contributed by atoms with Crippen LogP contribution in [-0.4, -0.2) is 51.1 Å². The molecule has 0 spiro atoms. The molecule has 0 aliphatic heterocycles. The third-order valence-corrected chi connectivity index (χ3v) is 3.98. The number of benzene rings is 2. The number of ether oxygens (including phenoxy) is 1. The number of carbonyl (C=O) groups is 2. The molecule has 2 aromatic carbocycles. The van der Waals surface area contributed by atoms with Gasteiger partial charge in [-0.2, -0.15) is 0 Å². The van der Waals surface area contributed by atoms with E-state index >= 15 is 0 Å². The number of amides is 3. The number of hydrogen-bond donors (Lipinski definition) is 3. The van der Waals surface area contributed by atoms with Crippen molar-refractivity contribution in [3.05, 3.63) is 65.2 Å². The highest BCUT2D eigenvalue weighted by molar-refractivity contribution is 5.94. The van der Waals surface area contributed by atoms with Crippen molar-refractivity contribution >= 4 is 17.6 Å². The largest absolute Gasteiger partial charge is 0.380 e. The quantitative estimate of drug-likeness (QED) is 0.620. The molecular weight excluding hydrogens is 356 g/mol. The van der Waals surface area contributed by atoms with E-state index in [1.54, 1.807) is 19.2 Å². The standard InChI is InChI=1S/C21H28N4O3/c1-25(2)11-10-22-20(26)18-8-4-6-16(12-18)14-23-21(27)24-19-9-5-7-17(13-19)15-28-3/h4-9,12-13H,10-11,14-15H2,1-3H3,(H,22,26)(H2,23,24,27). The number of likely N-dealkylation sites (N-methyl/N-ethyl adjacent to an activating group) is 1. The fraction of sp³-hybridized carbons (Fsp3) is 0.333. The molecule has 3 amide bonds. The first kappa shape index (κ1) is 21.4. The molecule has 150 valence electrons. The predicted molar refractivity (Wildman–Crippen MR) is 110 cm³/mol. The van der Waals surface area contributed by atoms with Gasteiger partial charge in [0.15, 0.2) is 0 Å². The number of carbonyl (C=O) groups excluding carboxylic acids is 2. The molecule has 0 atom stereocenters. The number of hydrogen-bond acceptors (Lipinski definition) is 4. The summed E-state index contributed by atoms with van der Waals surface area (Å²) in [6.45, 7) is 2.17. The van der Waals surface area contributed by atoms with Crippen LogP contribution in [0.25, 0.3) is 0 Å². The average molecular weight is 384 g/mol. The van der Waals surface area contributed by atoms with Crippen LogP contribution in [0.4, 0.5) is 10.5 Å². The highest BCUT2D eigenvalue weighted by Gasteiger charge is 2.07. The zero-order chi connectivity index (χ0) is 20.4. The van der Waals surface area contributed by atoms with Crippen molar-refractivity contribution in [2.75, 3.05) is 39.6 Å². The zero-order valence-corrected chi connectivity index (χ0v) is 16.6. The summed E-state index contributed by atoms with van der Waals surface area (Å²) in [6, 6.07) is 14.4. The van der Waals surface area contributed by atoms with Crippen molar-refractivity contribution in [2.45, 2.75) is 13.2 Å². The lowest BCUT2D eigenvalue weighted by Crippen LogP contribution is -2.31. The predicted octanol–water partition coefficient (Wildman–Crippen LogP) is 2.45. The lowest BCUT2D eigenvalue weighted by Gasteiger charge is -2.11. The molecule has 0 radical (unpaired) electrons. The number of nitrogens with zero attached hydrogens (tertiary/aromatic N) is 1. The molecular formula is C21H28N4O3. The van der Waals surface area contributed by atoms with Gasteiger partial charge in [0.25, 0.3) is 5.91 Å². The van der Waals surface area contributed by atoms with Crippen molar-refractivity contribution in [1.82, 2.24) is 15.5 Å². The first-order valence-corrected chi connectivity index (χ1v) is 9.12. The van der Waals surface area contributed by atoms with Crippen LogP contribution in [0.15, 0.2) is 48.5 Å². The van der Waals surface area contributed by atoms with Crippen LogP contribution in [0, 0.1) is 0 Å². The third kappa shape index (κ3) is 7.38. The molecule has 0 heterocycles. The summed E-state index contributed by atoms with van der Waals surface area (Å²) < 4.78 is 5.10. The minimum atomic E-state index is -0.310. The molecule has 0 saturated heterocycles. The van der Waals surface area contributed by atoms with E-state index < -0.39 is 0 Å². The smallest absolute Gasteiger partial charge is 0.319 e. The van der Waals surface area contributed by atoms with Gasteiger partial charge in [-0.1, -0.05) is 24.3 Å². The molecule has 0 aliphatic rings. The molecule has 3 N–H and O–H groups in total. The molecule has 28 heavy (non-hydrogen) atoms. The van der Waals surface area contributed by atoms with Gasteiger partial charge in [0.05, 0.1) is 6.61 Å². The van der Waals surface area contributed by atoms with Crippen molar-refractivity contribution < 1.29 is 14.3 Å². The van der Waals surface area contributed by atoms with E-state index in [-0.39, 0.29) is 11.9 Å². The Hall–Kier alpha value is -2.90. The fourth-order valence-electron chi connectivity index (χ4n) is 2.58. The number of rotatable bonds is 9. The molecule has 0 saturated carbocycles. The first-order chi connectivity index (χ1) is 13.5. The lowest BCUT2D eigenvalue weighted by atomic mass is 10.1. The van der Waals surface area contributed by atoms with E-state index in [1.807, 2.05) is 55.4 Å². The molecule has 7 heteroatoms. The summed E-state index contributed by atoms with van der Waals surface area (Å²) in [7, 11) is 5.54. The van der Waals surface area contributed by atoms with Gasteiger partial charge in [-0.05, 0) is 49.5 Å². The molecule has 0 aliphatic carbocycles. The van der Waals surface area contributed by atoms with E-state index in [2.05, 4.69) is 16.0 Å². The maximum absolute atomic E-state index is 12.2. The normalized spacial score (nSPS) is 10.6. The van der Waals surface area contributed by atoms with Crippen LogP contribution < -0.4 is 16.0 Å². The van der Waals surface area contributed by atoms with Crippen LogP contribution in [0.1, 0.15) is 21.5 Å². The summed E-state index contributed by atoms with van der Waals surface area (Å²) in [4.78, 5) is 26.3. The van der Waals surface area contributed by atoms with E-state index in [4.69, 9.17) is 4.74 Å². The molecule has 2 rings (SSSR count). The van der Waals surface area contributed by atoms with Crippen LogP contribution in [-0.2, 0) is 17.9 Å². The van der Waals surface area contributed by atoms with Gasteiger partial charge in [-0.15, -0.1) is 0 Å². The highest BCUT2D eigenvalue weighted by Crippen LogP contribution is 2.11. The van der Waals surface area contributed by atoms with Crippen molar-refractivity contribution in [2.24, 2.45) is 0 Å². The van der Waals surface area contributed by atoms with E-state index in [1.165, 1.54) is 0 Å². The summed E-state index contributed by atoms with van der Waals surface area (Å²) >= 11 is 0. The molecule has 0 bridgehead atoms. The Balaban J connectivity index is 1.86. The van der Waals surface area contributed by atoms with Crippen molar-refractivity contribution in [3.63, 3.8) is 0 Å². The van der Waals surface area contributed by atoms with Crippen LogP contribution >= 0.6 is 0 Å². The summed E-state index contributed by atoms with van der Waals surface area (Å²) in [5, 5.41) is 8.48. The summed E-state index contributed by atoms with van der Waals surface area (Å²) in [6.07, 6.45) is 0. The fourth-order valence-corrected chi connectivity index (χ4v) is 2.58. The Morgan fingerprint density at radius 1 is 1.00 bits per heavy atom. The van der Waals surface area contributed by atoms with Crippen LogP contribution in [0.5, 0.6) is 0 Å². The van der Waals surface area contributed by atoms with Crippen LogP contribution in [0.3, 0.4) is 0 Å². The third-order valence-electron chi connectivity index (χ3n) is 3.98. The minimum absolute atomic E-state index is 0.122. The van der Waals surface area contributed by atoms with Gasteiger partial charge in [0, 0.05) is 38.0 Å². The summed E-state index contributed by atoms with van der Waals surface area (Å²) in [5.41, 5.74) is 3.10. The van der Waals surface area contributed by atoms with E-state index in [0.29, 0.717) is 30.9 Å². The highest BCUT2D eigenvalue weighted by atomic mass is 16.5. The van der Waals surface area contributed by atoms with Gasteiger partial charge < -0.3 is 25.6 Å². The molecule has 7 nitrogen and oxygen atoms in total. The first-order valence-electron chi connectivity index (χ1n) is 9.12. The summed E-state index contributed by atoms with van der Waals surface area (Å²) in [5.74, 6) is -0.122. The molecule has 0 aromatic heterocycles. The Labute approximate surface area is 166 Å². The van der Waals surface area contributed by atoms with Gasteiger partial charge in [0.2, 0.25) is 0 Å². The maximum atomic E-state index is 12.2. The van der Waals surface area contributed by atoms with Crippen molar-refractivity contribution in [3.8, 4) is 0 Å². The van der Waals surface area contributed by atoms with Crippen LogP contribution in [0.2, 0.25) is 0 Å². The Bertz CT molecular complexity index is 793. The molecule has 2 aromatic rings. The van der Waals surface area contributed by atoms with E-state index in [9.17, 15) is 9.59 Å². The number of methoxy groups -OCH3 is 1. The van der Waals surface area contributed by atoms with Gasteiger partial charge in [-0.3, -0.25) is 4.79 Å². The monoisotopic (exact) mass is 384 g/mol. The second kappa shape index (κ2) is 11.1. The number of nitrogens with one attached hydrogen (secondary N) is 3. The van der Waals surface area contributed by atoms with Gasteiger partial charge >= 0.3 is 6.03 Å². The Morgan fingerprint density at radius 2 is 1.75 bits per heavy atom.